The molecule has 2 atom stereocenters. The normalized spacial score (nSPS) is 22.1. The summed E-state index contributed by atoms with van der Waals surface area (Å²) in [5.41, 5.74) is 1.18. The van der Waals surface area contributed by atoms with E-state index >= 15 is 0 Å². The molecule has 0 radical (unpaired) electrons. The SMILES string of the molecule is CC(C)(C)[Si](C)(C)OC[C@H]1CC(=O)C[C@H]1COCc1ccccc1. The van der Waals surface area contributed by atoms with Gasteiger partial charge in [-0.05, 0) is 35.5 Å². The number of carbonyl (C=O) groups is 1. The first-order valence-corrected chi connectivity index (χ1v) is 11.9. The van der Waals surface area contributed by atoms with Crippen LogP contribution < -0.4 is 0 Å². The topological polar surface area (TPSA) is 35.5 Å². The highest BCUT2D eigenvalue weighted by atomic mass is 28.4. The van der Waals surface area contributed by atoms with Crippen molar-refractivity contribution in [1.29, 1.82) is 0 Å². The Balaban J connectivity index is 1.84. The fraction of sp³-hybridized carbons (Fsp3) is 0.650. The maximum Gasteiger partial charge on any atom is 0.191 e. The van der Waals surface area contributed by atoms with Crippen LogP contribution in [0.25, 0.3) is 0 Å². The second-order valence-electron chi connectivity index (χ2n) is 8.54. The van der Waals surface area contributed by atoms with Crippen LogP contribution in [0.1, 0.15) is 39.2 Å². The van der Waals surface area contributed by atoms with E-state index in [2.05, 4.69) is 46.0 Å². The van der Waals surface area contributed by atoms with Gasteiger partial charge in [0.05, 0.1) is 13.2 Å². The zero-order valence-electron chi connectivity index (χ0n) is 15.8. The van der Waals surface area contributed by atoms with Crippen LogP contribution in [0.3, 0.4) is 0 Å². The van der Waals surface area contributed by atoms with Crippen molar-refractivity contribution in [3.63, 3.8) is 0 Å². The van der Waals surface area contributed by atoms with Crippen molar-refractivity contribution < 1.29 is 14.0 Å². The highest BCUT2D eigenvalue weighted by Gasteiger charge is 2.40. The van der Waals surface area contributed by atoms with Gasteiger partial charge in [-0.3, -0.25) is 4.79 Å². The van der Waals surface area contributed by atoms with Gasteiger partial charge in [0.2, 0.25) is 0 Å². The number of hydrogen-bond acceptors (Lipinski definition) is 3. The average Bonchev–Trinajstić information content (AvgIpc) is 2.85. The first-order valence-electron chi connectivity index (χ1n) is 8.96. The third-order valence-electron chi connectivity index (χ3n) is 5.55. The summed E-state index contributed by atoms with van der Waals surface area (Å²) in [5.74, 6) is 0.959. The molecule has 0 N–H and O–H groups in total. The zero-order valence-corrected chi connectivity index (χ0v) is 16.8. The number of hydrogen-bond donors (Lipinski definition) is 0. The Kier molecular flexibility index (Phi) is 6.40. The van der Waals surface area contributed by atoms with Crippen LogP contribution in [0.15, 0.2) is 30.3 Å². The highest BCUT2D eigenvalue weighted by molar-refractivity contribution is 6.74. The molecule has 1 saturated carbocycles. The van der Waals surface area contributed by atoms with Crippen LogP contribution in [0, 0.1) is 11.8 Å². The summed E-state index contributed by atoms with van der Waals surface area (Å²) in [7, 11) is -1.76. The molecule has 4 heteroatoms. The Labute approximate surface area is 147 Å². The summed E-state index contributed by atoms with van der Waals surface area (Å²) < 4.78 is 12.2. The van der Waals surface area contributed by atoms with Crippen LogP contribution in [0.2, 0.25) is 18.1 Å². The Bertz CT molecular complexity index is 534. The van der Waals surface area contributed by atoms with Gasteiger partial charge in [-0.25, -0.2) is 0 Å². The van der Waals surface area contributed by atoms with Crippen LogP contribution in [-0.4, -0.2) is 27.3 Å². The predicted octanol–water partition coefficient (Wildman–Crippen LogP) is 4.82. The van der Waals surface area contributed by atoms with Crippen molar-refractivity contribution in [2.45, 2.75) is 58.4 Å². The molecule has 1 fully saturated rings. The lowest BCUT2D eigenvalue weighted by Gasteiger charge is -2.37. The lowest BCUT2D eigenvalue weighted by Crippen LogP contribution is -2.42. The highest BCUT2D eigenvalue weighted by Crippen LogP contribution is 2.38. The quantitative estimate of drug-likeness (QED) is 0.663. The smallest absolute Gasteiger partial charge is 0.191 e. The van der Waals surface area contributed by atoms with Crippen molar-refractivity contribution in [1.82, 2.24) is 0 Å². The van der Waals surface area contributed by atoms with Crippen LogP contribution in [0.4, 0.5) is 0 Å². The summed E-state index contributed by atoms with van der Waals surface area (Å²) in [6.45, 7) is 13.2. The predicted molar refractivity (Wildman–Crippen MR) is 100 cm³/mol. The molecule has 0 saturated heterocycles. The van der Waals surface area contributed by atoms with Gasteiger partial charge in [-0.1, -0.05) is 51.1 Å². The number of ketones is 1. The molecule has 1 aromatic rings. The van der Waals surface area contributed by atoms with Gasteiger partial charge >= 0.3 is 0 Å². The Morgan fingerprint density at radius 1 is 1.04 bits per heavy atom. The Hall–Kier alpha value is -0.973. The molecule has 1 aromatic carbocycles. The molecule has 134 valence electrons. The first kappa shape index (κ1) is 19.4. The molecular formula is C20H32O3Si. The van der Waals surface area contributed by atoms with Crippen molar-refractivity contribution in [3.05, 3.63) is 35.9 Å². The fourth-order valence-corrected chi connectivity index (χ4v) is 3.89. The van der Waals surface area contributed by atoms with Gasteiger partial charge in [-0.15, -0.1) is 0 Å². The lowest BCUT2D eigenvalue weighted by atomic mass is 9.98. The summed E-state index contributed by atoms with van der Waals surface area (Å²) in [5, 5.41) is 0.203. The Morgan fingerprint density at radius 3 is 2.21 bits per heavy atom. The summed E-state index contributed by atoms with van der Waals surface area (Å²) in [4.78, 5) is 11.9. The number of Topliss-reactive ketones (excluding diaryl/α,β-unsaturated/α-hetero) is 1. The molecule has 0 amide bonds. The summed E-state index contributed by atoms with van der Waals surface area (Å²) in [6, 6.07) is 10.2. The van der Waals surface area contributed by atoms with Gasteiger partial charge in [-0.2, -0.15) is 0 Å². The van der Waals surface area contributed by atoms with E-state index < -0.39 is 8.32 Å². The van der Waals surface area contributed by atoms with E-state index in [4.69, 9.17) is 9.16 Å². The molecule has 3 nitrogen and oxygen atoms in total. The molecule has 2 rings (SSSR count). The Morgan fingerprint density at radius 2 is 1.62 bits per heavy atom. The minimum absolute atomic E-state index is 0.203. The third-order valence-corrected chi connectivity index (χ3v) is 10.1. The molecule has 0 bridgehead atoms. The van der Waals surface area contributed by atoms with Crippen molar-refractivity contribution in [2.75, 3.05) is 13.2 Å². The van der Waals surface area contributed by atoms with E-state index in [1.807, 2.05) is 18.2 Å². The van der Waals surface area contributed by atoms with E-state index in [0.717, 1.165) is 0 Å². The van der Waals surface area contributed by atoms with Gasteiger partial charge in [0.15, 0.2) is 8.32 Å². The van der Waals surface area contributed by atoms with E-state index in [1.54, 1.807) is 0 Å². The monoisotopic (exact) mass is 348 g/mol. The van der Waals surface area contributed by atoms with Gasteiger partial charge < -0.3 is 9.16 Å². The van der Waals surface area contributed by atoms with Gasteiger partial charge in [0, 0.05) is 19.4 Å². The van der Waals surface area contributed by atoms with Crippen LogP contribution >= 0.6 is 0 Å². The molecule has 1 aliphatic carbocycles. The van der Waals surface area contributed by atoms with Crippen molar-refractivity contribution >= 4 is 14.1 Å². The molecule has 0 unspecified atom stereocenters. The lowest BCUT2D eigenvalue weighted by molar-refractivity contribution is -0.117. The van der Waals surface area contributed by atoms with Crippen molar-refractivity contribution in [3.8, 4) is 0 Å². The van der Waals surface area contributed by atoms with Gasteiger partial charge in [0.25, 0.3) is 0 Å². The molecular weight excluding hydrogens is 316 g/mol. The molecule has 0 aromatic heterocycles. The van der Waals surface area contributed by atoms with Crippen LogP contribution in [0.5, 0.6) is 0 Å². The summed E-state index contributed by atoms with van der Waals surface area (Å²) in [6.07, 6.45) is 1.29. The molecule has 0 heterocycles. The molecule has 24 heavy (non-hydrogen) atoms. The van der Waals surface area contributed by atoms with Crippen molar-refractivity contribution in [2.24, 2.45) is 11.8 Å². The third kappa shape index (κ3) is 5.26. The maximum atomic E-state index is 11.9. The summed E-state index contributed by atoms with van der Waals surface area (Å²) >= 11 is 0. The minimum atomic E-state index is -1.76. The fourth-order valence-electron chi connectivity index (χ4n) is 2.83. The molecule has 1 aliphatic rings. The standard InChI is InChI=1S/C20H32O3Si/c1-20(2,3)24(4,5)23-15-18-12-19(21)11-17(18)14-22-13-16-9-7-6-8-10-16/h6-10,17-18H,11-15H2,1-5H3/t17-,18+/m0/s1. The second-order valence-corrected chi connectivity index (χ2v) is 13.3. The van der Waals surface area contributed by atoms with E-state index in [0.29, 0.717) is 50.3 Å². The number of benzene rings is 1. The zero-order chi connectivity index (χ0) is 17.8. The number of rotatable bonds is 7. The van der Waals surface area contributed by atoms with Gasteiger partial charge in [0.1, 0.15) is 5.78 Å². The number of ether oxygens (including phenoxy) is 1. The average molecular weight is 349 g/mol. The number of carbonyl (C=O) groups excluding carboxylic acids is 1. The largest absolute Gasteiger partial charge is 0.417 e. The molecule has 0 spiro atoms. The van der Waals surface area contributed by atoms with E-state index in [1.165, 1.54) is 5.56 Å². The maximum absolute atomic E-state index is 11.9. The van der Waals surface area contributed by atoms with E-state index in [9.17, 15) is 4.79 Å². The molecule has 0 aliphatic heterocycles. The minimum Gasteiger partial charge on any atom is -0.417 e. The van der Waals surface area contributed by atoms with Crippen LogP contribution in [-0.2, 0) is 20.6 Å². The first-order chi connectivity index (χ1) is 11.2. The second kappa shape index (κ2) is 7.94. The van der Waals surface area contributed by atoms with E-state index in [-0.39, 0.29) is 5.04 Å².